The largest absolute Gasteiger partial charge is 0.573 e. The zero-order valence-electron chi connectivity index (χ0n) is 17.0. The summed E-state index contributed by atoms with van der Waals surface area (Å²) in [6, 6.07) is 10.9. The molecule has 1 unspecified atom stereocenters. The maximum Gasteiger partial charge on any atom is 0.573 e. The van der Waals surface area contributed by atoms with Crippen LogP contribution in [-0.4, -0.2) is 58.4 Å². The molecule has 1 amide bonds. The molecule has 1 aliphatic heterocycles. The van der Waals surface area contributed by atoms with Crippen LogP contribution in [0.15, 0.2) is 53.4 Å². The zero-order valence-corrected chi connectivity index (χ0v) is 17.8. The second kappa shape index (κ2) is 9.65. The van der Waals surface area contributed by atoms with Gasteiger partial charge in [0.2, 0.25) is 15.9 Å². The molecule has 2 aromatic carbocycles. The highest BCUT2D eigenvalue weighted by atomic mass is 32.2. The molecule has 32 heavy (non-hydrogen) atoms. The second-order valence-electron chi connectivity index (χ2n) is 6.94. The Morgan fingerprint density at radius 2 is 1.81 bits per heavy atom. The van der Waals surface area contributed by atoms with E-state index in [0.717, 1.165) is 24.3 Å². The van der Waals surface area contributed by atoms with Gasteiger partial charge < -0.3 is 19.1 Å². The highest BCUT2D eigenvalue weighted by molar-refractivity contribution is 7.89. The van der Waals surface area contributed by atoms with Crippen LogP contribution in [0, 0.1) is 0 Å². The van der Waals surface area contributed by atoms with Crippen LogP contribution in [-0.2, 0) is 14.8 Å². The molecule has 0 bridgehead atoms. The maximum absolute atomic E-state index is 12.3. The summed E-state index contributed by atoms with van der Waals surface area (Å²) in [6.45, 7) is 0.340. The summed E-state index contributed by atoms with van der Waals surface area (Å²) in [4.78, 5) is 13.5. The first kappa shape index (κ1) is 23.7. The second-order valence-corrected chi connectivity index (χ2v) is 8.71. The van der Waals surface area contributed by atoms with Crippen molar-refractivity contribution in [2.24, 2.45) is 0 Å². The van der Waals surface area contributed by atoms with Crippen LogP contribution in [0.3, 0.4) is 0 Å². The summed E-state index contributed by atoms with van der Waals surface area (Å²) >= 11 is 0. The van der Waals surface area contributed by atoms with Gasteiger partial charge in [-0.1, -0.05) is 12.1 Å². The van der Waals surface area contributed by atoms with Crippen LogP contribution >= 0.6 is 0 Å². The Morgan fingerprint density at radius 3 is 2.47 bits per heavy atom. The molecule has 0 saturated carbocycles. The lowest BCUT2D eigenvalue weighted by Crippen LogP contribution is -2.42. The van der Waals surface area contributed by atoms with Gasteiger partial charge in [-0.3, -0.25) is 4.79 Å². The molecule has 12 heteroatoms. The van der Waals surface area contributed by atoms with Gasteiger partial charge in [-0.05, 0) is 36.4 Å². The molecule has 0 saturated heterocycles. The minimum Gasteiger partial charge on any atom is -0.486 e. The Kier molecular flexibility index (Phi) is 7.14. The van der Waals surface area contributed by atoms with E-state index in [1.807, 2.05) is 12.1 Å². The third-order valence-electron chi connectivity index (χ3n) is 4.47. The van der Waals surface area contributed by atoms with Crippen molar-refractivity contribution >= 4 is 15.9 Å². The third-order valence-corrected chi connectivity index (χ3v) is 5.95. The lowest BCUT2D eigenvalue weighted by atomic mass is 10.2. The Bertz CT molecular complexity index is 1040. The normalized spacial score (nSPS) is 15.8. The van der Waals surface area contributed by atoms with E-state index < -0.39 is 22.1 Å². The summed E-state index contributed by atoms with van der Waals surface area (Å²) < 4.78 is 78.5. The first-order valence-corrected chi connectivity index (χ1v) is 11.0. The van der Waals surface area contributed by atoms with Crippen LogP contribution in [0.1, 0.15) is 6.42 Å². The first-order valence-electron chi connectivity index (χ1n) is 9.51. The number of hydrogen-bond donors (Lipinski definition) is 1. The van der Waals surface area contributed by atoms with E-state index in [4.69, 9.17) is 9.47 Å². The number of nitrogens with one attached hydrogen (secondary N) is 1. The van der Waals surface area contributed by atoms with Crippen LogP contribution in [0.25, 0.3) is 0 Å². The van der Waals surface area contributed by atoms with E-state index in [-0.39, 0.29) is 43.0 Å². The number of carbonyl (C=O) groups is 1. The Hall–Kier alpha value is -2.99. The van der Waals surface area contributed by atoms with Crippen molar-refractivity contribution in [1.29, 1.82) is 0 Å². The molecule has 8 nitrogen and oxygen atoms in total. The van der Waals surface area contributed by atoms with E-state index >= 15 is 0 Å². The standard InChI is InChI=1S/C20H21F3N2O6S/c1-25(12-15-13-29-17-4-2-3-5-18(17)30-15)19(26)10-11-24-32(27,28)16-8-6-14(7-9-16)31-20(21,22)23/h2-9,15,24H,10-13H2,1H3. The summed E-state index contributed by atoms with van der Waals surface area (Å²) in [5, 5.41) is 0. The van der Waals surface area contributed by atoms with Crippen molar-refractivity contribution in [1.82, 2.24) is 9.62 Å². The monoisotopic (exact) mass is 474 g/mol. The fourth-order valence-electron chi connectivity index (χ4n) is 2.95. The number of likely N-dealkylation sites (N-methyl/N-ethyl adjacent to an activating group) is 1. The number of rotatable bonds is 8. The third kappa shape index (κ3) is 6.50. The van der Waals surface area contributed by atoms with E-state index in [9.17, 15) is 26.4 Å². The average molecular weight is 474 g/mol. The molecular weight excluding hydrogens is 453 g/mol. The van der Waals surface area contributed by atoms with Crippen LogP contribution < -0.4 is 18.9 Å². The molecule has 0 fully saturated rings. The maximum atomic E-state index is 12.3. The predicted molar refractivity (Wildman–Crippen MR) is 107 cm³/mol. The summed E-state index contributed by atoms with van der Waals surface area (Å²) in [6.07, 6.45) is -5.36. The van der Waals surface area contributed by atoms with Gasteiger partial charge in [0.25, 0.3) is 0 Å². The van der Waals surface area contributed by atoms with Gasteiger partial charge in [-0.2, -0.15) is 0 Å². The number of hydrogen-bond acceptors (Lipinski definition) is 6. The minimum absolute atomic E-state index is 0.116. The molecule has 1 heterocycles. The van der Waals surface area contributed by atoms with Gasteiger partial charge in [0.1, 0.15) is 12.4 Å². The number of amides is 1. The lowest BCUT2D eigenvalue weighted by molar-refractivity contribution is -0.274. The van der Waals surface area contributed by atoms with E-state index in [1.54, 1.807) is 19.2 Å². The lowest BCUT2D eigenvalue weighted by Gasteiger charge is -2.29. The van der Waals surface area contributed by atoms with Crippen LogP contribution in [0.4, 0.5) is 13.2 Å². The van der Waals surface area contributed by atoms with Gasteiger partial charge in [0.05, 0.1) is 11.4 Å². The SMILES string of the molecule is CN(CC1COc2ccccc2O1)C(=O)CCNS(=O)(=O)c1ccc(OC(F)(F)F)cc1. The number of alkyl halides is 3. The molecule has 2 aromatic rings. The number of ether oxygens (including phenoxy) is 3. The summed E-state index contributed by atoms with van der Waals surface area (Å²) in [5.74, 6) is 0.364. The van der Waals surface area contributed by atoms with Crippen molar-refractivity contribution in [3.05, 3.63) is 48.5 Å². The van der Waals surface area contributed by atoms with Gasteiger partial charge in [-0.25, -0.2) is 13.1 Å². The van der Waals surface area contributed by atoms with Crippen LogP contribution in [0.2, 0.25) is 0 Å². The smallest absolute Gasteiger partial charge is 0.486 e. The number of nitrogens with zero attached hydrogens (tertiary/aromatic N) is 1. The fraction of sp³-hybridized carbons (Fsp3) is 0.350. The predicted octanol–water partition coefficient (Wildman–Crippen LogP) is 2.55. The van der Waals surface area contributed by atoms with Crippen molar-refractivity contribution in [2.45, 2.75) is 23.8 Å². The van der Waals surface area contributed by atoms with Crippen molar-refractivity contribution in [3.63, 3.8) is 0 Å². The van der Waals surface area contributed by atoms with E-state index in [0.29, 0.717) is 11.5 Å². The molecule has 1 N–H and O–H groups in total. The van der Waals surface area contributed by atoms with Crippen molar-refractivity contribution in [2.75, 3.05) is 26.7 Å². The molecule has 174 valence electrons. The number of carbonyl (C=O) groups excluding carboxylic acids is 1. The average Bonchev–Trinajstić information content (AvgIpc) is 2.72. The Morgan fingerprint density at radius 1 is 1.16 bits per heavy atom. The topological polar surface area (TPSA) is 94.2 Å². The van der Waals surface area contributed by atoms with Gasteiger partial charge in [0.15, 0.2) is 17.6 Å². The number of fused-ring (bicyclic) bond motifs is 1. The van der Waals surface area contributed by atoms with E-state index in [1.165, 1.54) is 4.90 Å². The first-order chi connectivity index (χ1) is 15.0. The number of halogens is 3. The molecule has 1 aliphatic rings. The molecule has 0 spiro atoms. The summed E-state index contributed by atoms with van der Waals surface area (Å²) in [5.41, 5.74) is 0. The van der Waals surface area contributed by atoms with Gasteiger partial charge >= 0.3 is 6.36 Å². The minimum atomic E-state index is -4.87. The molecule has 0 radical (unpaired) electrons. The van der Waals surface area contributed by atoms with Gasteiger partial charge in [-0.15, -0.1) is 13.2 Å². The van der Waals surface area contributed by atoms with Crippen molar-refractivity contribution in [3.8, 4) is 17.2 Å². The molecular formula is C20H21F3N2O6S. The summed E-state index contributed by atoms with van der Waals surface area (Å²) in [7, 11) is -2.44. The quantitative estimate of drug-likeness (QED) is 0.632. The van der Waals surface area contributed by atoms with Crippen molar-refractivity contribution < 1.29 is 40.6 Å². The molecule has 1 atom stereocenters. The Labute approximate surface area is 182 Å². The van der Waals surface area contributed by atoms with Crippen LogP contribution in [0.5, 0.6) is 17.2 Å². The molecule has 0 aliphatic carbocycles. The molecule has 0 aromatic heterocycles. The zero-order chi connectivity index (χ0) is 23.4. The highest BCUT2D eigenvalue weighted by Gasteiger charge is 2.31. The van der Waals surface area contributed by atoms with Gasteiger partial charge in [0, 0.05) is 20.0 Å². The number of para-hydroxylation sites is 2. The number of benzene rings is 2. The fourth-order valence-corrected chi connectivity index (χ4v) is 3.98. The number of sulfonamides is 1. The highest BCUT2D eigenvalue weighted by Crippen LogP contribution is 2.31. The van der Waals surface area contributed by atoms with E-state index in [2.05, 4.69) is 9.46 Å². The molecule has 3 rings (SSSR count). The Balaban J connectivity index is 1.46.